The van der Waals surface area contributed by atoms with E-state index in [9.17, 15) is 19.5 Å². The van der Waals surface area contributed by atoms with Crippen LogP contribution in [0.1, 0.15) is 71.5 Å². The van der Waals surface area contributed by atoms with Crippen LogP contribution in [0.5, 0.6) is 5.75 Å². The molecular formula is C31H32N4O6S. The number of nitrogens with zero attached hydrogens (tertiary/aromatic N) is 4. The van der Waals surface area contributed by atoms with E-state index in [1.165, 1.54) is 4.90 Å². The summed E-state index contributed by atoms with van der Waals surface area (Å²) in [5, 5.41) is 11.9. The van der Waals surface area contributed by atoms with Crippen molar-refractivity contribution in [1.82, 2.24) is 14.4 Å². The molecule has 1 atom stereocenters. The molecule has 1 aliphatic heterocycles. The van der Waals surface area contributed by atoms with Gasteiger partial charge < -0.3 is 14.6 Å². The highest BCUT2D eigenvalue weighted by Crippen LogP contribution is 2.44. The monoisotopic (exact) mass is 588 g/mol. The molecule has 1 fully saturated rings. The number of thiazole rings is 1. The smallest absolute Gasteiger partial charge is 0.350 e. The maximum atomic E-state index is 13.7. The molecule has 0 bridgehead atoms. The molecule has 42 heavy (non-hydrogen) atoms. The molecular weight excluding hydrogens is 556 g/mol. The number of carbonyl (C=O) groups excluding carboxylic acids is 3. The van der Waals surface area contributed by atoms with E-state index in [-0.39, 0.29) is 27.9 Å². The normalized spacial score (nSPS) is 16.4. The Morgan fingerprint density at radius 1 is 1.05 bits per heavy atom. The first-order valence-corrected chi connectivity index (χ1v) is 14.7. The number of hydrogen-bond acceptors (Lipinski definition) is 9. The van der Waals surface area contributed by atoms with Gasteiger partial charge in [-0.2, -0.15) is 0 Å². The van der Waals surface area contributed by atoms with Crippen LogP contribution in [-0.4, -0.2) is 50.3 Å². The Labute approximate surface area is 247 Å². The third kappa shape index (κ3) is 5.27. The van der Waals surface area contributed by atoms with Crippen molar-refractivity contribution >= 4 is 45.5 Å². The van der Waals surface area contributed by atoms with Gasteiger partial charge in [-0.3, -0.25) is 18.9 Å². The number of ketones is 1. The fourth-order valence-electron chi connectivity index (χ4n) is 5.06. The molecule has 11 heteroatoms. The van der Waals surface area contributed by atoms with Crippen LogP contribution in [0, 0.1) is 13.8 Å². The van der Waals surface area contributed by atoms with Crippen molar-refractivity contribution in [1.29, 1.82) is 0 Å². The van der Waals surface area contributed by atoms with Gasteiger partial charge in [-0.15, -0.1) is 0 Å². The molecule has 0 saturated carbocycles. The highest BCUT2D eigenvalue weighted by atomic mass is 32.1. The lowest BCUT2D eigenvalue weighted by molar-refractivity contribution is -0.132. The number of anilines is 1. The number of Topliss-reactive ketones (excluding diaryl/α,β-unsaturated/α-hetero) is 1. The summed E-state index contributed by atoms with van der Waals surface area (Å²) in [6.45, 7) is 7.89. The van der Waals surface area contributed by atoms with Crippen molar-refractivity contribution in [2.75, 3.05) is 18.1 Å². The number of carbonyl (C=O) groups is 3. The summed E-state index contributed by atoms with van der Waals surface area (Å²) in [5.41, 5.74) is 2.19. The van der Waals surface area contributed by atoms with Crippen LogP contribution in [0.2, 0.25) is 0 Å². The molecule has 1 N–H and O–H groups in total. The van der Waals surface area contributed by atoms with Crippen molar-refractivity contribution in [3.05, 3.63) is 81.8 Å². The predicted molar refractivity (Wildman–Crippen MR) is 159 cm³/mol. The standard InChI is InChI=1S/C31H32N4O6S/c1-5-7-10-16-41-21-13-11-12-20(17-21)25-23(26(36)24-18(3)32-22-14-8-9-15-34(22)24)27(37)29(38)35(25)31-33-19(4)28(42-31)30(39)40-6-2/h8-9,11-15,17,25,36H,5-7,10,16H2,1-4H3. The van der Waals surface area contributed by atoms with Crippen LogP contribution in [0.4, 0.5) is 5.13 Å². The summed E-state index contributed by atoms with van der Waals surface area (Å²) >= 11 is 0.964. The maximum absolute atomic E-state index is 13.7. The van der Waals surface area contributed by atoms with Crippen molar-refractivity contribution in [2.24, 2.45) is 0 Å². The molecule has 10 nitrogen and oxygen atoms in total. The maximum Gasteiger partial charge on any atom is 0.350 e. The lowest BCUT2D eigenvalue weighted by Gasteiger charge is -2.23. The number of esters is 1. The summed E-state index contributed by atoms with van der Waals surface area (Å²) in [6.07, 6.45) is 4.71. The lowest BCUT2D eigenvalue weighted by Crippen LogP contribution is -2.29. The van der Waals surface area contributed by atoms with Gasteiger partial charge in [-0.25, -0.2) is 14.8 Å². The fraction of sp³-hybridized carbons (Fsp3) is 0.323. The Morgan fingerprint density at radius 2 is 1.86 bits per heavy atom. The number of aliphatic hydroxyl groups is 1. The van der Waals surface area contributed by atoms with Gasteiger partial charge in [0.15, 0.2) is 10.9 Å². The molecule has 1 aromatic carbocycles. The second-order valence-corrected chi connectivity index (χ2v) is 10.9. The Kier molecular flexibility index (Phi) is 8.39. The number of aromatic nitrogens is 3. The van der Waals surface area contributed by atoms with Crippen LogP contribution in [0.25, 0.3) is 11.4 Å². The topological polar surface area (TPSA) is 123 Å². The van der Waals surface area contributed by atoms with Gasteiger partial charge in [-0.1, -0.05) is 49.3 Å². The third-order valence-corrected chi connectivity index (χ3v) is 8.15. The molecule has 0 spiro atoms. The highest BCUT2D eigenvalue weighted by Gasteiger charge is 2.49. The summed E-state index contributed by atoms with van der Waals surface area (Å²) in [4.78, 5) is 50.5. The largest absolute Gasteiger partial charge is 0.505 e. The van der Waals surface area contributed by atoms with E-state index < -0.39 is 23.7 Å². The highest BCUT2D eigenvalue weighted by molar-refractivity contribution is 7.17. The minimum Gasteiger partial charge on any atom is -0.505 e. The van der Waals surface area contributed by atoms with E-state index in [0.717, 1.165) is 30.6 Å². The zero-order valence-electron chi connectivity index (χ0n) is 23.9. The summed E-state index contributed by atoms with van der Waals surface area (Å²) in [7, 11) is 0. The number of aliphatic hydroxyl groups excluding tert-OH is 1. The molecule has 3 aromatic heterocycles. The number of pyridine rings is 1. The Hall–Kier alpha value is -4.51. The fourth-order valence-corrected chi connectivity index (χ4v) is 6.05. The second kappa shape index (κ2) is 12.2. The van der Waals surface area contributed by atoms with Crippen LogP contribution < -0.4 is 9.64 Å². The van der Waals surface area contributed by atoms with Gasteiger partial charge in [-0.05, 0) is 57.0 Å². The zero-order valence-corrected chi connectivity index (χ0v) is 24.7. The number of fused-ring (bicyclic) bond motifs is 1. The van der Waals surface area contributed by atoms with Crippen molar-refractivity contribution < 1.29 is 29.0 Å². The van der Waals surface area contributed by atoms with Gasteiger partial charge in [0.1, 0.15) is 22.0 Å². The Balaban J connectivity index is 1.68. The molecule has 5 rings (SSSR count). The predicted octanol–water partition coefficient (Wildman–Crippen LogP) is 5.78. The molecule has 4 heterocycles. The first-order chi connectivity index (χ1) is 20.3. The third-order valence-electron chi connectivity index (χ3n) is 7.02. The van der Waals surface area contributed by atoms with Crippen LogP contribution in [0.3, 0.4) is 0 Å². The molecule has 218 valence electrons. The number of unbranched alkanes of at least 4 members (excludes halogenated alkanes) is 2. The summed E-state index contributed by atoms with van der Waals surface area (Å²) < 4.78 is 12.8. The van der Waals surface area contributed by atoms with Crippen LogP contribution in [-0.2, 0) is 14.3 Å². The number of benzene rings is 1. The molecule has 1 aliphatic rings. The molecule has 1 saturated heterocycles. The van der Waals surface area contributed by atoms with E-state index in [4.69, 9.17) is 9.47 Å². The van der Waals surface area contributed by atoms with Crippen molar-refractivity contribution in [2.45, 2.75) is 53.0 Å². The van der Waals surface area contributed by atoms with E-state index in [1.54, 1.807) is 61.7 Å². The number of rotatable bonds is 10. The summed E-state index contributed by atoms with van der Waals surface area (Å²) in [5.74, 6) is -2.09. The minimum absolute atomic E-state index is 0.109. The molecule has 1 unspecified atom stereocenters. The van der Waals surface area contributed by atoms with E-state index in [2.05, 4.69) is 16.9 Å². The zero-order chi connectivity index (χ0) is 30.0. The Bertz CT molecular complexity index is 1700. The number of ether oxygens (including phenoxy) is 2. The van der Waals surface area contributed by atoms with Gasteiger partial charge in [0.25, 0.3) is 5.78 Å². The first-order valence-electron chi connectivity index (χ1n) is 13.9. The molecule has 0 aliphatic carbocycles. The quantitative estimate of drug-likeness (QED) is 0.0813. The molecule has 1 amide bonds. The average Bonchev–Trinajstić information content (AvgIpc) is 3.61. The molecule has 4 aromatic rings. The number of imidazole rings is 1. The van der Waals surface area contributed by atoms with Gasteiger partial charge >= 0.3 is 11.9 Å². The SMILES string of the molecule is CCCCCOc1cccc(C2C(=C(O)c3c(C)nc4ccccn34)C(=O)C(=O)N2c2nc(C)c(C(=O)OCC)s2)c1. The van der Waals surface area contributed by atoms with Crippen molar-refractivity contribution in [3.63, 3.8) is 0 Å². The van der Waals surface area contributed by atoms with Crippen molar-refractivity contribution in [3.8, 4) is 5.75 Å². The van der Waals surface area contributed by atoms with Crippen LogP contribution in [0.15, 0.2) is 54.2 Å². The average molecular weight is 589 g/mol. The van der Waals surface area contributed by atoms with Gasteiger partial charge in [0.05, 0.1) is 36.2 Å². The number of hydrogen-bond donors (Lipinski definition) is 1. The van der Waals surface area contributed by atoms with Gasteiger partial charge in [0.2, 0.25) is 0 Å². The van der Waals surface area contributed by atoms with E-state index in [1.807, 2.05) is 12.1 Å². The molecule has 0 radical (unpaired) electrons. The summed E-state index contributed by atoms with van der Waals surface area (Å²) in [6, 6.07) is 11.5. The Morgan fingerprint density at radius 3 is 2.62 bits per heavy atom. The van der Waals surface area contributed by atoms with Crippen LogP contribution >= 0.6 is 11.3 Å². The first kappa shape index (κ1) is 29.0. The van der Waals surface area contributed by atoms with Gasteiger partial charge in [0, 0.05) is 6.20 Å². The minimum atomic E-state index is -1.04. The van der Waals surface area contributed by atoms with E-state index in [0.29, 0.717) is 40.6 Å². The van der Waals surface area contributed by atoms with E-state index >= 15 is 0 Å². The second-order valence-electron chi connectivity index (χ2n) is 9.90. The lowest BCUT2D eigenvalue weighted by atomic mass is 9.96. The number of aryl methyl sites for hydroxylation is 2. The number of amides is 1.